The van der Waals surface area contributed by atoms with Gasteiger partial charge in [0.1, 0.15) is 5.37 Å². The Kier molecular flexibility index (Phi) is 5.53. The quantitative estimate of drug-likeness (QED) is 0.890. The molecule has 114 valence electrons. The molecule has 1 saturated heterocycles. The Morgan fingerprint density at radius 1 is 1.50 bits per heavy atom. The highest BCUT2D eigenvalue weighted by atomic mass is 32.2. The van der Waals surface area contributed by atoms with Crippen LogP contribution in [0.5, 0.6) is 0 Å². The standard InChI is InChI=1S/C13H22N2O2S3/c1-3-20(16,17)13-9-18-7-6-15(13)11(8-14)12-5-4-10(2)19-12/h4-5,11,13H,3,6-9,14H2,1-2H3. The lowest BCUT2D eigenvalue weighted by atomic mass is 10.2. The summed E-state index contributed by atoms with van der Waals surface area (Å²) in [6.45, 7) is 5.03. The smallest absolute Gasteiger partial charge is 0.166 e. The molecule has 1 aromatic rings. The van der Waals surface area contributed by atoms with Gasteiger partial charge in [-0.15, -0.1) is 11.3 Å². The molecule has 0 aliphatic carbocycles. The van der Waals surface area contributed by atoms with Gasteiger partial charge in [-0.25, -0.2) is 8.42 Å². The molecule has 7 heteroatoms. The minimum atomic E-state index is -3.07. The van der Waals surface area contributed by atoms with Gasteiger partial charge in [-0.2, -0.15) is 11.8 Å². The van der Waals surface area contributed by atoms with Crippen LogP contribution in [0.3, 0.4) is 0 Å². The molecule has 0 saturated carbocycles. The first kappa shape index (κ1) is 16.3. The Balaban J connectivity index is 2.30. The second-order valence-corrected chi connectivity index (χ2v) is 9.84. The van der Waals surface area contributed by atoms with Crippen LogP contribution in [0.1, 0.15) is 22.7 Å². The summed E-state index contributed by atoms with van der Waals surface area (Å²) in [5.41, 5.74) is 5.96. The van der Waals surface area contributed by atoms with Crippen LogP contribution in [0.2, 0.25) is 0 Å². The number of hydrogen-bond donors (Lipinski definition) is 1. The zero-order valence-electron chi connectivity index (χ0n) is 11.9. The molecule has 0 radical (unpaired) electrons. The fraction of sp³-hybridized carbons (Fsp3) is 0.692. The van der Waals surface area contributed by atoms with Crippen LogP contribution in [0, 0.1) is 6.92 Å². The third-order valence-corrected chi connectivity index (χ3v) is 8.06. The summed E-state index contributed by atoms with van der Waals surface area (Å²) in [6.07, 6.45) is 0. The first-order chi connectivity index (χ1) is 9.49. The molecular formula is C13H22N2O2S3. The molecule has 4 nitrogen and oxygen atoms in total. The Labute approximate surface area is 129 Å². The third-order valence-electron chi connectivity index (χ3n) is 3.65. The number of sulfone groups is 1. The van der Waals surface area contributed by atoms with Gasteiger partial charge in [0.05, 0.1) is 6.04 Å². The van der Waals surface area contributed by atoms with E-state index in [4.69, 9.17) is 5.73 Å². The molecule has 0 aromatic carbocycles. The van der Waals surface area contributed by atoms with E-state index in [9.17, 15) is 8.42 Å². The monoisotopic (exact) mass is 334 g/mol. The van der Waals surface area contributed by atoms with E-state index in [2.05, 4.69) is 24.0 Å². The van der Waals surface area contributed by atoms with E-state index >= 15 is 0 Å². The first-order valence-corrected chi connectivity index (χ1v) is 10.5. The van der Waals surface area contributed by atoms with E-state index in [0.717, 1.165) is 12.3 Å². The molecule has 2 heterocycles. The lowest BCUT2D eigenvalue weighted by molar-refractivity contribution is 0.200. The van der Waals surface area contributed by atoms with E-state index in [1.807, 2.05) is 0 Å². The highest BCUT2D eigenvalue weighted by molar-refractivity contribution is 8.01. The Bertz CT molecular complexity index is 542. The summed E-state index contributed by atoms with van der Waals surface area (Å²) in [5.74, 6) is 1.81. The van der Waals surface area contributed by atoms with Crippen molar-refractivity contribution in [1.29, 1.82) is 0 Å². The van der Waals surface area contributed by atoms with Gasteiger partial charge >= 0.3 is 0 Å². The van der Waals surface area contributed by atoms with Crippen LogP contribution in [-0.2, 0) is 9.84 Å². The van der Waals surface area contributed by atoms with Crippen LogP contribution in [-0.4, -0.2) is 49.0 Å². The fourth-order valence-electron chi connectivity index (χ4n) is 2.50. The Morgan fingerprint density at radius 3 is 2.80 bits per heavy atom. The van der Waals surface area contributed by atoms with E-state index in [-0.39, 0.29) is 11.8 Å². The van der Waals surface area contributed by atoms with Gasteiger partial charge in [0.2, 0.25) is 0 Å². The maximum absolute atomic E-state index is 12.3. The molecule has 0 amide bonds. The van der Waals surface area contributed by atoms with Crippen molar-refractivity contribution in [2.45, 2.75) is 25.3 Å². The molecule has 0 bridgehead atoms. The number of hydrogen-bond acceptors (Lipinski definition) is 6. The summed E-state index contributed by atoms with van der Waals surface area (Å²) in [4.78, 5) is 4.51. The number of aryl methyl sites for hydroxylation is 1. The van der Waals surface area contributed by atoms with E-state index in [1.54, 1.807) is 30.0 Å². The van der Waals surface area contributed by atoms with Crippen LogP contribution < -0.4 is 5.73 Å². The molecular weight excluding hydrogens is 312 g/mol. The summed E-state index contributed by atoms with van der Waals surface area (Å²) < 4.78 is 24.7. The number of nitrogens with zero attached hydrogens (tertiary/aromatic N) is 1. The minimum Gasteiger partial charge on any atom is -0.329 e. The molecule has 1 fully saturated rings. The van der Waals surface area contributed by atoms with Crippen molar-refractivity contribution >= 4 is 32.9 Å². The second-order valence-electron chi connectivity index (χ2n) is 4.92. The van der Waals surface area contributed by atoms with Crippen molar-refractivity contribution in [2.75, 3.05) is 30.3 Å². The molecule has 2 unspecified atom stereocenters. The maximum atomic E-state index is 12.3. The normalized spacial score (nSPS) is 22.9. The fourth-order valence-corrected chi connectivity index (χ4v) is 6.58. The van der Waals surface area contributed by atoms with Crippen molar-refractivity contribution < 1.29 is 8.42 Å². The predicted molar refractivity (Wildman–Crippen MR) is 88.1 cm³/mol. The lowest BCUT2D eigenvalue weighted by Crippen LogP contribution is -2.50. The third kappa shape index (κ3) is 3.39. The van der Waals surface area contributed by atoms with Gasteiger partial charge in [-0.05, 0) is 19.1 Å². The second kappa shape index (κ2) is 6.79. The van der Waals surface area contributed by atoms with Gasteiger partial charge in [0.25, 0.3) is 0 Å². The summed E-state index contributed by atoms with van der Waals surface area (Å²) >= 11 is 3.43. The van der Waals surface area contributed by atoms with E-state index < -0.39 is 15.2 Å². The highest BCUT2D eigenvalue weighted by Crippen LogP contribution is 2.33. The largest absolute Gasteiger partial charge is 0.329 e. The van der Waals surface area contributed by atoms with Crippen LogP contribution in [0.25, 0.3) is 0 Å². The van der Waals surface area contributed by atoms with Gasteiger partial charge in [-0.1, -0.05) is 6.92 Å². The molecule has 1 aliphatic rings. The number of rotatable bonds is 5. The number of thioether (sulfide) groups is 1. The molecule has 1 aliphatic heterocycles. The van der Waals surface area contributed by atoms with Gasteiger partial charge in [0, 0.05) is 40.1 Å². The molecule has 1 aromatic heterocycles. The number of thiophene rings is 1. The Morgan fingerprint density at radius 2 is 2.25 bits per heavy atom. The van der Waals surface area contributed by atoms with Gasteiger partial charge < -0.3 is 5.73 Å². The van der Waals surface area contributed by atoms with Crippen LogP contribution >= 0.6 is 23.1 Å². The first-order valence-electron chi connectivity index (χ1n) is 6.81. The van der Waals surface area contributed by atoms with Gasteiger partial charge in [-0.3, -0.25) is 4.90 Å². The van der Waals surface area contributed by atoms with Crippen molar-refractivity contribution in [3.05, 3.63) is 21.9 Å². The number of nitrogens with two attached hydrogens (primary N) is 1. The molecule has 20 heavy (non-hydrogen) atoms. The van der Waals surface area contributed by atoms with E-state index in [1.165, 1.54) is 9.75 Å². The summed E-state index contributed by atoms with van der Waals surface area (Å²) in [5, 5.41) is -0.401. The molecule has 2 atom stereocenters. The van der Waals surface area contributed by atoms with Crippen molar-refractivity contribution in [3.63, 3.8) is 0 Å². The zero-order valence-corrected chi connectivity index (χ0v) is 14.4. The van der Waals surface area contributed by atoms with Crippen LogP contribution in [0.15, 0.2) is 12.1 Å². The molecule has 2 rings (SSSR count). The summed E-state index contributed by atoms with van der Waals surface area (Å²) in [7, 11) is -3.07. The predicted octanol–water partition coefficient (Wildman–Crippen LogP) is 1.87. The minimum absolute atomic E-state index is 0.0147. The topological polar surface area (TPSA) is 63.4 Å². The SMILES string of the molecule is CCS(=O)(=O)C1CSCCN1C(CN)c1ccc(C)s1. The average molecular weight is 335 g/mol. The van der Waals surface area contributed by atoms with Gasteiger partial charge in [0.15, 0.2) is 9.84 Å². The average Bonchev–Trinajstić information content (AvgIpc) is 2.86. The lowest BCUT2D eigenvalue weighted by Gasteiger charge is -2.39. The van der Waals surface area contributed by atoms with Crippen molar-refractivity contribution in [2.24, 2.45) is 5.73 Å². The maximum Gasteiger partial charge on any atom is 0.166 e. The van der Waals surface area contributed by atoms with Crippen molar-refractivity contribution in [3.8, 4) is 0 Å². The van der Waals surface area contributed by atoms with Crippen LogP contribution in [0.4, 0.5) is 0 Å². The molecule has 2 N–H and O–H groups in total. The summed E-state index contributed by atoms with van der Waals surface area (Å²) in [6, 6.07) is 4.17. The van der Waals surface area contributed by atoms with E-state index in [0.29, 0.717) is 12.3 Å². The molecule has 0 spiro atoms. The Hall–Kier alpha value is -0.0800. The highest BCUT2D eigenvalue weighted by Gasteiger charge is 2.37. The zero-order chi connectivity index (χ0) is 14.8. The van der Waals surface area contributed by atoms with Crippen molar-refractivity contribution in [1.82, 2.24) is 4.90 Å².